The van der Waals surface area contributed by atoms with Crippen LogP contribution in [-0.2, 0) is 22.4 Å². The average Bonchev–Trinajstić information content (AvgIpc) is 3.12. The Morgan fingerprint density at radius 1 is 0.971 bits per heavy atom. The minimum atomic E-state index is -5.59. The Balaban J connectivity index is 2.16. The first-order valence-corrected chi connectivity index (χ1v) is 10.3. The van der Waals surface area contributed by atoms with Crippen LogP contribution in [0, 0.1) is 11.6 Å². The molecule has 182 valence electrons. The van der Waals surface area contributed by atoms with Crippen molar-refractivity contribution in [3.05, 3.63) is 70.0 Å². The van der Waals surface area contributed by atoms with Crippen LogP contribution in [0.2, 0.25) is 5.02 Å². The SMILES string of the molecule is O=C(NS(=O)(=O)c1c(F)cccc1F)c1nnn(-c2ccc(Cl)cc2C(F)(F)F)c1C(F)(F)F. The summed E-state index contributed by atoms with van der Waals surface area (Å²) in [5, 5.41) is 5.29. The molecule has 1 N–H and O–H groups in total. The summed E-state index contributed by atoms with van der Waals surface area (Å²) < 4.78 is 134. The smallest absolute Gasteiger partial charge is 0.266 e. The van der Waals surface area contributed by atoms with Gasteiger partial charge in [0.1, 0.15) is 11.6 Å². The maximum absolute atomic E-state index is 13.8. The summed E-state index contributed by atoms with van der Waals surface area (Å²) in [6.45, 7) is 0. The summed E-state index contributed by atoms with van der Waals surface area (Å²) in [6.07, 6.45) is -10.8. The van der Waals surface area contributed by atoms with Gasteiger partial charge in [-0.05, 0) is 30.3 Å². The van der Waals surface area contributed by atoms with Crippen LogP contribution in [0.15, 0.2) is 41.3 Å². The predicted molar refractivity (Wildman–Crippen MR) is 97.4 cm³/mol. The van der Waals surface area contributed by atoms with Crippen molar-refractivity contribution in [1.29, 1.82) is 0 Å². The van der Waals surface area contributed by atoms with Gasteiger partial charge in [-0.25, -0.2) is 26.6 Å². The molecule has 0 aliphatic heterocycles. The first-order valence-electron chi connectivity index (χ1n) is 8.45. The topological polar surface area (TPSA) is 93.9 Å². The van der Waals surface area contributed by atoms with Gasteiger partial charge < -0.3 is 0 Å². The lowest BCUT2D eigenvalue weighted by atomic mass is 10.1. The summed E-state index contributed by atoms with van der Waals surface area (Å²) in [5.74, 6) is -5.50. The summed E-state index contributed by atoms with van der Waals surface area (Å²) in [6, 6.07) is 3.39. The van der Waals surface area contributed by atoms with E-state index >= 15 is 0 Å². The summed E-state index contributed by atoms with van der Waals surface area (Å²) in [7, 11) is -5.42. The molecule has 34 heavy (non-hydrogen) atoms. The number of amides is 1. The van der Waals surface area contributed by atoms with Gasteiger partial charge in [-0.15, -0.1) is 5.10 Å². The molecular formula is C17H7ClF8N4O3S. The van der Waals surface area contributed by atoms with Gasteiger partial charge in [0.2, 0.25) is 0 Å². The lowest BCUT2D eigenvalue weighted by molar-refractivity contribution is -0.145. The second kappa shape index (κ2) is 8.50. The third-order valence-corrected chi connectivity index (χ3v) is 5.68. The van der Waals surface area contributed by atoms with Gasteiger partial charge in [-0.3, -0.25) is 4.79 Å². The second-order valence-corrected chi connectivity index (χ2v) is 8.40. The van der Waals surface area contributed by atoms with Crippen LogP contribution in [0.4, 0.5) is 35.1 Å². The molecule has 0 atom stereocenters. The highest BCUT2D eigenvalue weighted by atomic mass is 35.5. The first-order chi connectivity index (χ1) is 15.5. The summed E-state index contributed by atoms with van der Waals surface area (Å²) in [4.78, 5) is 10.6. The normalized spacial score (nSPS) is 12.6. The molecule has 1 amide bonds. The van der Waals surface area contributed by atoms with Crippen molar-refractivity contribution in [2.45, 2.75) is 17.2 Å². The number of aromatic nitrogens is 3. The Kier molecular flexibility index (Phi) is 6.34. The molecule has 3 aromatic rings. The average molecular weight is 535 g/mol. The fourth-order valence-electron chi connectivity index (χ4n) is 2.74. The van der Waals surface area contributed by atoms with Crippen LogP contribution >= 0.6 is 11.6 Å². The highest BCUT2D eigenvalue weighted by Crippen LogP contribution is 2.39. The van der Waals surface area contributed by atoms with Crippen LogP contribution < -0.4 is 4.72 Å². The molecule has 0 fully saturated rings. The molecule has 0 aliphatic rings. The summed E-state index contributed by atoms with van der Waals surface area (Å²) in [5.41, 5.74) is -6.89. The molecule has 0 aliphatic carbocycles. The van der Waals surface area contributed by atoms with Crippen molar-refractivity contribution in [2.75, 3.05) is 0 Å². The number of sulfonamides is 1. The molecule has 7 nitrogen and oxygen atoms in total. The van der Waals surface area contributed by atoms with Crippen molar-refractivity contribution in [2.24, 2.45) is 0 Å². The minimum Gasteiger partial charge on any atom is -0.266 e. The molecule has 0 radical (unpaired) electrons. The number of benzene rings is 2. The molecule has 0 saturated carbocycles. The Hall–Kier alpha value is -3.27. The van der Waals surface area contributed by atoms with E-state index in [1.807, 2.05) is 0 Å². The zero-order valence-electron chi connectivity index (χ0n) is 15.8. The van der Waals surface area contributed by atoms with Crippen LogP contribution in [-0.4, -0.2) is 29.3 Å². The molecule has 1 aromatic heterocycles. The van der Waals surface area contributed by atoms with E-state index < -0.39 is 72.5 Å². The lowest BCUT2D eigenvalue weighted by Gasteiger charge is -2.16. The molecule has 0 bridgehead atoms. The van der Waals surface area contributed by atoms with Gasteiger partial charge in [-0.2, -0.15) is 26.3 Å². The van der Waals surface area contributed by atoms with Crippen LogP contribution in [0.25, 0.3) is 5.69 Å². The van der Waals surface area contributed by atoms with Crippen molar-refractivity contribution in [3.63, 3.8) is 0 Å². The number of carbonyl (C=O) groups is 1. The van der Waals surface area contributed by atoms with Crippen LogP contribution in [0.3, 0.4) is 0 Å². The first kappa shape index (κ1) is 25.4. The number of rotatable bonds is 4. The molecule has 17 heteroatoms. The number of carbonyl (C=O) groups excluding carboxylic acids is 1. The molecule has 1 heterocycles. The Morgan fingerprint density at radius 2 is 1.56 bits per heavy atom. The van der Waals surface area contributed by atoms with E-state index in [9.17, 15) is 48.3 Å². The van der Waals surface area contributed by atoms with Gasteiger partial charge in [0, 0.05) is 5.02 Å². The van der Waals surface area contributed by atoms with Crippen LogP contribution in [0.5, 0.6) is 0 Å². The van der Waals surface area contributed by atoms with Gasteiger partial charge in [-0.1, -0.05) is 22.9 Å². The van der Waals surface area contributed by atoms with Gasteiger partial charge >= 0.3 is 12.4 Å². The van der Waals surface area contributed by atoms with Crippen molar-refractivity contribution in [1.82, 2.24) is 19.7 Å². The Morgan fingerprint density at radius 3 is 2.09 bits per heavy atom. The number of nitrogens with zero attached hydrogens (tertiary/aromatic N) is 3. The van der Waals surface area contributed by atoms with Gasteiger partial charge in [0.25, 0.3) is 15.9 Å². The number of hydrogen-bond acceptors (Lipinski definition) is 5. The number of halogens is 9. The van der Waals surface area contributed by atoms with E-state index in [2.05, 4.69) is 10.3 Å². The molecule has 0 unspecified atom stereocenters. The fraction of sp³-hybridized carbons (Fsp3) is 0.118. The number of nitrogens with one attached hydrogen (secondary N) is 1. The maximum Gasteiger partial charge on any atom is 0.435 e. The van der Waals surface area contributed by atoms with Gasteiger partial charge in [0.15, 0.2) is 16.3 Å². The number of hydrogen-bond donors (Lipinski definition) is 1. The maximum atomic E-state index is 13.8. The minimum absolute atomic E-state index is 0.296. The third kappa shape index (κ3) is 4.82. The van der Waals surface area contributed by atoms with E-state index in [-0.39, 0.29) is 4.68 Å². The third-order valence-electron chi connectivity index (χ3n) is 4.06. The Bertz CT molecular complexity index is 1370. The van der Waals surface area contributed by atoms with Gasteiger partial charge in [0.05, 0.1) is 11.3 Å². The molecular weight excluding hydrogens is 528 g/mol. The van der Waals surface area contributed by atoms with E-state index in [1.54, 1.807) is 0 Å². The van der Waals surface area contributed by atoms with E-state index in [0.717, 1.165) is 16.9 Å². The molecule has 3 rings (SSSR count). The molecule has 2 aromatic carbocycles. The van der Waals surface area contributed by atoms with Crippen LogP contribution in [0.1, 0.15) is 21.7 Å². The van der Waals surface area contributed by atoms with Crippen molar-refractivity contribution < 1.29 is 48.3 Å². The summed E-state index contributed by atoms with van der Waals surface area (Å²) >= 11 is 5.49. The molecule has 0 spiro atoms. The van der Waals surface area contributed by atoms with Crippen molar-refractivity contribution >= 4 is 27.5 Å². The number of alkyl halides is 6. The Labute approximate surface area is 189 Å². The zero-order valence-corrected chi connectivity index (χ0v) is 17.4. The highest BCUT2D eigenvalue weighted by molar-refractivity contribution is 7.90. The second-order valence-electron chi connectivity index (χ2n) is 6.34. The lowest BCUT2D eigenvalue weighted by Crippen LogP contribution is -2.33. The monoisotopic (exact) mass is 534 g/mol. The largest absolute Gasteiger partial charge is 0.435 e. The highest BCUT2D eigenvalue weighted by Gasteiger charge is 2.45. The van der Waals surface area contributed by atoms with E-state index in [1.165, 1.54) is 0 Å². The zero-order chi connectivity index (χ0) is 25.6. The quantitative estimate of drug-likeness (QED) is 0.502. The fourth-order valence-corrected chi connectivity index (χ4v) is 4.00. The van der Waals surface area contributed by atoms with E-state index in [4.69, 9.17) is 11.6 Å². The predicted octanol–water partition coefficient (Wildman–Crippen LogP) is 4.36. The standard InChI is InChI=1S/C17H7ClF8N4O3S/c18-7-4-5-11(8(6-7)16(21,22)23)30-14(17(24,25)26)12(27-29-30)15(31)28-34(32,33)13-9(19)2-1-3-10(13)20/h1-6H,(H,28,31). The molecule has 0 saturated heterocycles. The van der Waals surface area contributed by atoms with Crippen molar-refractivity contribution in [3.8, 4) is 5.69 Å². The van der Waals surface area contributed by atoms with E-state index in [0.29, 0.717) is 24.3 Å².